The Hall–Kier alpha value is -1.65. The van der Waals surface area contributed by atoms with E-state index >= 15 is 0 Å². The lowest BCUT2D eigenvalue weighted by atomic mass is 9.72. The van der Waals surface area contributed by atoms with E-state index in [2.05, 4.69) is 10.2 Å². The average molecular weight is 391 g/mol. The molecule has 0 aromatic heterocycles. The van der Waals surface area contributed by atoms with Crippen molar-refractivity contribution in [2.24, 2.45) is 11.7 Å². The second-order valence-electron chi connectivity index (χ2n) is 7.73. The molecule has 0 unspecified atom stereocenters. The Bertz CT molecular complexity index is 667. The molecule has 0 aliphatic carbocycles. The number of piperidine rings is 1. The third kappa shape index (κ3) is 5.24. The number of hydrogen-bond donors (Lipinski definition) is 5. The van der Waals surface area contributed by atoms with Crippen molar-refractivity contribution in [1.29, 1.82) is 0 Å². The molecule has 6 N–H and O–H groups in total. The molecule has 1 aromatic rings. The number of likely N-dealkylation sites (tertiary alicyclic amines) is 1. The molecule has 0 radical (unpaired) electrons. The minimum absolute atomic E-state index is 0.0881. The van der Waals surface area contributed by atoms with Crippen LogP contribution in [0.15, 0.2) is 18.2 Å². The zero-order valence-electron chi connectivity index (χ0n) is 16.1. The van der Waals surface area contributed by atoms with Gasteiger partial charge in [-0.3, -0.25) is 4.79 Å². The monoisotopic (exact) mass is 391 g/mol. The van der Waals surface area contributed by atoms with E-state index in [-0.39, 0.29) is 17.2 Å². The number of nitrogens with two attached hydrogens (primary N) is 1. The van der Waals surface area contributed by atoms with Gasteiger partial charge in [-0.1, -0.05) is 18.2 Å². The molecular weight excluding hydrogens is 361 g/mol. The Balaban J connectivity index is 1.51. The second-order valence-corrected chi connectivity index (χ2v) is 7.73. The topological polar surface area (TPSA) is 128 Å². The highest BCUT2D eigenvalue weighted by Gasteiger charge is 2.37. The van der Waals surface area contributed by atoms with Gasteiger partial charge in [-0.05, 0) is 63.3 Å². The Labute approximate surface area is 165 Å². The van der Waals surface area contributed by atoms with Crippen LogP contribution in [0.5, 0.6) is 5.75 Å². The molecule has 9 heteroatoms. The van der Waals surface area contributed by atoms with Gasteiger partial charge in [0.2, 0.25) is 5.91 Å². The van der Waals surface area contributed by atoms with Crippen LogP contribution >= 0.6 is 0 Å². The van der Waals surface area contributed by atoms with E-state index in [1.54, 1.807) is 12.1 Å². The molecule has 1 amide bonds. The molecule has 0 bridgehead atoms. The standard InChI is InChI=1S/C19H30BN3O5/c21-7-2-8-23-9-5-13(6-10-23)11-17(24)22-16-12-14-3-1-4-15(19(25)26)18(14)28-20(16)27/h1,3-4,13,16,19,25-27H,2,5-12,21H2,(H,22,24)/t16-/m0/s1. The molecule has 0 saturated carbocycles. The average Bonchev–Trinajstić information content (AvgIpc) is 2.67. The van der Waals surface area contributed by atoms with Crippen molar-refractivity contribution >= 4 is 13.0 Å². The van der Waals surface area contributed by atoms with Gasteiger partial charge < -0.3 is 35.8 Å². The van der Waals surface area contributed by atoms with E-state index in [0.717, 1.165) is 44.5 Å². The third-order valence-corrected chi connectivity index (χ3v) is 5.63. The number of para-hydroxylation sites is 1. The Morgan fingerprint density at radius 2 is 2.11 bits per heavy atom. The number of aliphatic hydroxyl groups is 2. The predicted octanol–water partition coefficient (Wildman–Crippen LogP) is -0.440. The van der Waals surface area contributed by atoms with Crippen LogP contribution in [0, 0.1) is 5.92 Å². The number of nitrogens with zero attached hydrogens (tertiary/aromatic N) is 1. The molecule has 2 aliphatic heterocycles. The first-order valence-electron chi connectivity index (χ1n) is 10.0. The van der Waals surface area contributed by atoms with Gasteiger partial charge in [-0.25, -0.2) is 0 Å². The lowest BCUT2D eigenvalue weighted by Gasteiger charge is -2.33. The summed E-state index contributed by atoms with van der Waals surface area (Å²) in [5, 5.41) is 32.0. The van der Waals surface area contributed by atoms with Crippen LogP contribution in [-0.4, -0.2) is 65.3 Å². The summed E-state index contributed by atoms with van der Waals surface area (Å²) in [6.45, 7) is 3.71. The van der Waals surface area contributed by atoms with Crippen molar-refractivity contribution in [2.45, 2.75) is 44.3 Å². The van der Waals surface area contributed by atoms with E-state index < -0.39 is 19.3 Å². The summed E-state index contributed by atoms with van der Waals surface area (Å²) in [4.78, 5) is 14.9. The van der Waals surface area contributed by atoms with E-state index in [4.69, 9.17) is 10.4 Å². The van der Waals surface area contributed by atoms with Crippen molar-refractivity contribution in [2.75, 3.05) is 26.2 Å². The summed E-state index contributed by atoms with van der Waals surface area (Å²) in [6.07, 6.45) is 2.12. The second kappa shape index (κ2) is 9.71. The quantitative estimate of drug-likeness (QED) is 0.315. The summed E-state index contributed by atoms with van der Waals surface area (Å²) in [5.74, 6) is -0.0230. The molecule has 1 atom stereocenters. The van der Waals surface area contributed by atoms with Gasteiger partial charge in [0.1, 0.15) is 5.75 Å². The highest BCUT2D eigenvalue weighted by atomic mass is 16.5. The maximum Gasteiger partial charge on any atom is 0.547 e. The first-order valence-corrected chi connectivity index (χ1v) is 10.0. The maximum absolute atomic E-state index is 12.5. The van der Waals surface area contributed by atoms with Crippen molar-refractivity contribution in [1.82, 2.24) is 10.2 Å². The van der Waals surface area contributed by atoms with Crippen LogP contribution in [0.1, 0.15) is 43.1 Å². The fourth-order valence-corrected chi connectivity index (χ4v) is 4.03. The number of carbonyl (C=O) groups excluding carboxylic acids is 1. The first-order chi connectivity index (χ1) is 13.5. The number of aliphatic hydroxyl groups excluding tert-OH is 1. The summed E-state index contributed by atoms with van der Waals surface area (Å²) in [7, 11) is -1.23. The molecule has 2 aliphatic rings. The molecule has 8 nitrogen and oxygen atoms in total. The SMILES string of the molecule is NCCCN1CCC(CC(=O)N[C@H]2Cc3cccc(C(O)O)c3OB2O)CC1. The van der Waals surface area contributed by atoms with Crippen LogP contribution in [0.3, 0.4) is 0 Å². The zero-order valence-corrected chi connectivity index (χ0v) is 16.1. The van der Waals surface area contributed by atoms with Crippen molar-refractivity contribution in [3.8, 4) is 5.75 Å². The molecule has 0 spiro atoms. The Morgan fingerprint density at radius 3 is 2.79 bits per heavy atom. The van der Waals surface area contributed by atoms with Gasteiger partial charge in [0.05, 0.1) is 5.94 Å². The molecule has 1 saturated heterocycles. The van der Waals surface area contributed by atoms with Gasteiger partial charge >= 0.3 is 7.12 Å². The number of amides is 1. The minimum atomic E-state index is -1.68. The lowest BCUT2D eigenvalue weighted by molar-refractivity contribution is -0.122. The van der Waals surface area contributed by atoms with Gasteiger partial charge in [-0.15, -0.1) is 0 Å². The Morgan fingerprint density at radius 1 is 1.36 bits per heavy atom. The van der Waals surface area contributed by atoms with Crippen LogP contribution in [0.4, 0.5) is 0 Å². The molecule has 1 aromatic carbocycles. The van der Waals surface area contributed by atoms with Crippen molar-refractivity contribution in [3.05, 3.63) is 29.3 Å². The molecule has 154 valence electrons. The molecule has 2 heterocycles. The smallest absolute Gasteiger partial charge is 0.534 e. The minimum Gasteiger partial charge on any atom is -0.534 e. The number of nitrogens with one attached hydrogen (secondary N) is 1. The molecular formula is C19H30BN3O5. The number of fused-ring (bicyclic) bond motifs is 1. The van der Waals surface area contributed by atoms with Crippen LogP contribution in [-0.2, 0) is 11.2 Å². The zero-order chi connectivity index (χ0) is 20.1. The van der Waals surface area contributed by atoms with E-state index in [0.29, 0.717) is 25.3 Å². The van der Waals surface area contributed by atoms with Crippen LogP contribution in [0.2, 0.25) is 0 Å². The summed E-state index contributed by atoms with van der Waals surface area (Å²) >= 11 is 0. The highest BCUT2D eigenvalue weighted by molar-refractivity contribution is 6.46. The van der Waals surface area contributed by atoms with Crippen LogP contribution < -0.4 is 15.7 Å². The van der Waals surface area contributed by atoms with Crippen LogP contribution in [0.25, 0.3) is 0 Å². The van der Waals surface area contributed by atoms with Gasteiger partial charge in [0, 0.05) is 12.0 Å². The number of hydrogen-bond acceptors (Lipinski definition) is 7. The van der Waals surface area contributed by atoms with Gasteiger partial charge in [0.25, 0.3) is 0 Å². The molecule has 3 rings (SSSR count). The van der Waals surface area contributed by atoms with E-state index in [9.17, 15) is 20.0 Å². The summed E-state index contributed by atoms with van der Waals surface area (Å²) in [5.41, 5.74) is 6.50. The first kappa shape index (κ1) is 21.1. The highest BCUT2D eigenvalue weighted by Crippen LogP contribution is 2.33. The molecule has 28 heavy (non-hydrogen) atoms. The number of rotatable bonds is 7. The predicted molar refractivity (Wildman–Crippen MR) is 105 cm³/mol. The third-order valence-electron chi connectivity index (χ3n) is 5.63. The fourth-order valence-electron chi connectivity index (χ4n) is 4.03. The van der Waals surface area contributed by atoms with Gasteiger partial charge in [0.15, 0.2) is 6.29 Å². The summed E-state index contributed by atoms with van der Waals surface area (Å²) in [6, 6.07) is 5.03. The Kier molecular flexibility index (Phi) is 7.31. The van der Waals surface area contributed by atoms with E-state index in [1.165, 1.54) is 6.07 Å². The van der Waals surface area contributed by atoms with E-state index in [1.807, 2.05) is 0 Å². The lowest BCUT2D eigenvalue weighted by Crippen LogP contribution is -2.53. The normalized spacial score (nSPS) is 20.8. The number of benzene rings is 1. The summed E-state index contributed by atoms with van der Waals surface area (Å²) < 4.78 is 5.48. The molecule has 1 fully saturated rings. The van der Waals surface area contributed by atoms with Gasteiger partial charge in [-0.2, -0.15) is 0 Å². The van der Waals surface area contributed by atoms with Crippen molar-refractivity contribution in [3.63, 3.8) is 0 Å². The van der Waals surface area contributed by atoms with Crippen molar-refractivity contribution < 1.29 is 24.7 Å². The largest absolute Gasteiger partial charge is 0.547 e. The maximum atomic E-state index is 12.5. The number of carbonyl (C=O) groups is 1. The fraction of sp³-hybridized carbons (Fsp3) is 0.632.